The van der Waals surface area contributed by atoms with Crippen molar-refractivity contribution < 1.29 is 9.32 Å². The number of hydrogen-bond acceptors (Lipinski definition) is 4. The van der Waals surface area contributed by atoms with Gasteiger partial charge in [-0.3, -0.25) is 4.79 Å². The van der Waals surface area contributed by atoms with Crippen LogP contribution in [0, 0.1) is 5.92 Å². The average Bonchev–Trinajstić information content (AvgIpc) is 2.96. The second kappa shape index (κ2) is 6.30. The lowest BCUT2D eigenvalue weighted by atomic mass is 9.86. The summed E-state index contributed by atoms with van der Waals surface area (Å²) >= 11 is 0. The molecule has 23 heavy (non-hydrogen) atoms. The molecule has 1 aliphatic carbocycles. The van der Waals surface area contributed by atoms with Gasteiger partial charge in [-0.25, -0.2) is 4.98 Å². The predicted octanol–water partition coefficient (Wildman–Crippen LogP) is 4.00. The van der Waals surface area contributed by atoms with Crippen LogP contribution in [0.2, 0.25) is 0 Å². The van der Waals surface area contributed by atoms with Crippen molar-refractivity contribution in [2.45, 2.75) is 58.4 Å². The van der Waals surface area contributed by atoms with Gasteiger partial charge in [0.1, 0.15) is 0 Å². The van der Waals surface area contributed by atoms with Crippen LogP contribution in [0.5, 0.6) is 0 Å². The zero-order valence-electron chi connectivity index (χ0n) is 14.4. The van der Waals surface area contributed by atoms with Gasteiger partial charge in [0.2, 0.25) is 0 Å². The largest absolute Gasteiger partial charge is 0.339 e. The highest BCUT2D eigenvalue weighted by molar-refractivity contribution is 5.97. The van der Waals surface area contributed by atoms with Gasteiger partial charge in [0, 0.05) is 19.3 Å². The average molecular weight is 315 g/mol. The first-order valence-corrected chi connectivity index (χ1v) is 8.49. The first-order chi connectivity index (χ1) is 11.0. The third kappa shape index (κ3) is 3.09. The Bertz CT molecular complexity index is 707. The van der Waals surface area contributed by atoms with Crippen LogP contribution < -0.4 is 0 Å². The van der Waals surface area contributed by atoms with Crippen molar-refractivity contribution in [2.75, 3.05) is 7.05 Å². The van der Waals surface area contributed by atoms with E-state index in [0.717, 1.165) is 23.9 Å². The van der Waals surface area contributed by atoms with Crippen LogP contribution >= 0.6 is 0 Å². The Kier molecular flexibility index (Phi) is 4.37. The summed E-state index contributed by atoms with van der Waals surface area (Å²) in [5.74, 6) is 0.963. The van der Waals surface area contributed by atoms with E-state index in [9.17, 15) is 4.79 Å². The van der Waals surface area contributed by atoms with Crippen LogP contribution in [0.1, 0.15) is 68.4 Å². The molecule has 3 rings (SSSR count). The number of amides is 1. The standard InChI is InChI=1S/C18H25N3O2/c1-11(2)16-15-9-13(10-19-17(15)23-20-16)18(22)21(4)14-7-5-6-12(3)8-14/h9-12,14H,5-8H2,1-4H3/t12-,14+/m0/s1. The van der Waals surface area contributed by atoms with E-state index in [0.29, 0.717) is 23.2 Å². The zero-order valence-corrected chi connectivity index (χ0v) is 14.4. The molecule has 1 amide bonds. The first-order valence-electron chi connectivity index (χ1n) is 8.49. The summed E-state index contributed by atoms with van der Waals surface area (Å²) in [5.41, 5.74) is 1.97. The molecule has 124 valence electrons. The quantitative estimate of drug-likeness (QED) is 0.859. The molecule has 1 fully saturated rings. The highest BCUT2D eigenvalue weighted by Gasteiger charge is 2.26. The Hall–Kier alpha value is -1.91. The molecule has 2 heterocycles. The summed E-state index contributed by atoms with van der Waals surface area (Å²) in [6.07, 6.45) is 6.24. The van der Waals surface area contributed by atoms with Crippen LogP contribution in [0.3, 0.4) is 0 Å². The van der Waals surface area contributed by atoms with Crippen LogP contribution in [0.15, 0.2) is 16.8 Å². The van der Waals surface area contributed by atoms with Crippen LogP contribution in [0.4, 0.5) is 0 Å². The Morgan fingerprint density at radius 3 is 2.87 bits per heavy atom. The van der Waals surface area contributed by atoms with Gasteiger partial charge in [-0.15, -0.1) is 0 Å². The molecule has 1 aliphatic rings. The summed E-state index contributed by atoms with van der Waals surface area (Å²) in [4.78, 5) is 19.0. The molecule has 0 aliphatic heterocycles. The Morgan fingerprint density at radius 2 is 2.17 bits per heavy atom. The van der Waals surface area contributed by atoms with E-state index in [1.165, 1.54) is 12.8 Å². The summed E-state index contributed by atoms with van der Waals surface area (Å²) in [6, 6.07) is 2.20. The maximum Gasteiger partial charge on any atom is 0.257 e. The smallest absolute Gasteiger partial charge is 0.257 e. The van der Waals surface area contributed by atoms with Gasteiger partial charge in [-0.1, -0.05) is 38.8 Å². The highest BCUT2D eigenvalue weighted by atomic mass is 16.5. The Morgan fingerprint density at radius 1 is 1.39 bits per heavy atom. The maximum absolute atomic E-state index is 12.8. The summed E-state index contributed by atoms with van der Waals surface area (Å²) in [6.45, 7) is 6.38. The predicted molar refractivity (Wildman–Crippen MR) is 89.4 cm³/mol. The molecule has 0 unspecified atom stereocenters. The molecule has 2 aromatic heterocycles. The molecule has 2 aromatic rings. The maximum atomic E-state index is 12.8. The molecule has 1 saturated carbocycles. The number of hydrogen-bond donors (Lipinski definition) is 0. The van der Waals surface area contributed by atoms with E-state index in [4.69, 9.17) is 4.52 Å². The van der Waals surface area contributed by atoms with Crippen molar-refractivity contribution in [3.8, 4) is 0 Å². The lowest BCUT2D eigenvalue weighted by Crippen LogP contribution is -2.39. The molecule has 2 atom stereocenters. The van der Waals surface area contributed by atoms with Gasteiger partial charge in [0.05, 0.1) is 16.6 Å². The van der Waals surface area contributed by atoms with Gasteiger partial charge in [-0.2, -0.15) is 0 Å². The normalized spacial score (nSPS) is 21.8. The third-order valence-electron chi connectivity index (χ3n) is 4.93. The Labute approximate surface area is 137 Å². The third-order valence-corrected chi connectivity index (χ3v) is 4.93. The topological polar surface area (TPSA) is 59.2 Å². The van der Waals surface area contributed by atoms with Crippen molar-refractivity contribution in [2.24, 2.45) is 5.92 Å². The fourth-order valence-corrected chi connectivity index (χ4v) is 3.51. The summed E-state index contributed by atoms with van der Waals surface area (Å²) in [7, 11) is 1.91. The summed E-state index contributed by atoms with van der Waals surface area (Å²) < 4.78 is 5.25. The van der Waals surface area contributed by atoms with E-state index >= 15 is 0 Å². The number of nitrogens with zero attached hydrogens (tertiary/aromatic N) is 3. The monoisotopic (exact) mass is 315 g/mol. The van der Waals surface area contributed by atoms with Crippen molar-refractivity contribution in [3.05, 3.63) is 23.5 Å². The number of carbonyl (C=O) groups is 1. The molecule has 0 aromatic carbocycles. The minimum atomic E-state index is 0.0365. The molecule has 0 saturated heterocycles. The molecule has 0 bridgehead atoms. The lowest BCUT2D eigenvalue weighted by molar-refractivity contribution is 0.0672. The van der Waals surface area contributed by atoms with Crippen molar-refractivity contribution in [1.29, 1.82) is 0 Å². The van der Waals surface area contributed by atoms with E-state index in [1.807, 2.05) is 18.0 Å². The number of carbonyl (C=O) groups excluding carboxylic acids is 1. The zero-order chi connectivity index (χ0) is 16.6. The number of fused-ring (bicyclic) bond motifs is 1. The van der Waals surface area contributed by atoms with Gasteiger partial charge < -0.3 is 9.42 Å². The van der Waals surface area contributed by atoms with Crippen molar-refractivity contribution in [1.82, 2.24) is 15.0 Å². The first kappa shape index (κ1) is 16.0. The Balaban J connectivity index is 1.86. The van der Waals surface area contributed by atoms with E-state index in [2.05, 4.69) is 30.9 Å². The van der Waals surface area contributed by atoms with Gasteiger partial charge in [-0.05, 0) is 30.7 Å². The molecular weight excluding hydrogens is 290 g/mol. The van der Waals surface area contributed by atoms with Crippen LogP contribution in [-0.4, -0.2) is 34.0 Å². The number of pyridine rings is 1. The van der Waals surface area contributed by atoms with Gasteiger partial charge in [0.25, 0.3) is 11.6 Å². The SMILES string of the molecule is CC(C)c1noc2ncc(C(=O)N(C)[C@@H]3CCC[C@H](C)C3)cc12. The lowest BCUT2D eigenvalue weighted by Gasteiger charge is -2.34. The summed E-state index contributed by atoms with van der Waals surface area (Å²) in [5, 5.41) is 4.92. The number of rotatable bonds is 3. The minimum absolute atomic E-state index is 0.0365. The molecule has 5 heteroatoms. The van der Waals surface area contributed by atoms with E-state index < -0.39 is 0 Å². The van der Waals surface area contributed by atoms with E-state index in [1.54, 1.807) is 6.20 Å². The van der Waals surface area contributed by atoms with Gasteiger partial charge >= 0.3 is 0 Å². The van der Waals surface area contributed by atoms with Gasteiger partial charge in [0.15, 0.2) is 0 Å². The molecule has 0 spiro atoms. The van der Waals surface area contributed by atoms with Crippen molar-refractivity contribution in [3.63, 3.8) is 0 Å². The highest BCUT2D eigenvalue weighted by Crippen LogP contribution is 2.28. The van der Waals surface area contributed by atoms with E-state index in [-0.39, 0.29) is 11.8 Å². The van der Waals surface area contributed by atoms with Crippen LogP contribution in [0.25, 0.3) is 11.1 Å². The fraction of sp³-hybridized carbons (Fsp3) is 0.611. The fourth-order valence-electron chi connectivity index (χ4n) is 3.51. The van der Waals surface area contributed by atoms with Crippen molar-refractivity contribution >= 4 is 17.0 Å². The minimum Gasteiger partial charge on any atom is -0.339 e. The van der Waals surface area contributed by atoms with Crippen LogP contribution in [-0.2, 0) is 0 Å². The molecule has 0 N–H and O–H groups in total. The number of aromatic nitrogens is 2. The second-order valence-electron chi connectivity index (χ2n) is 7.14. The molecule has 0 radical (unpaired) electrons. The molecular formula is C18H25N3O2. The second-order valence-corrected chi connectivity index (χ2v) is 7.14. The molecule has 5 nitrogen and oxygen atoms in total.